The maximum atomic E-state index is 13.5. The number of para-hydroxylation sites is 2. The number of nitrogens with zero attached hydrogens (tertiary/aromatic N) is 3. The van der Waals surface area contributed by atoms with Crippen LogP contribution in [-0.2, 0) is 13.0 Å². The largest absolute Gasteiger partial charge is 0.352 e. The highest BCUT2D eigenvalue weighted by atomic mass is 19.1. The number of nitrogens with one attached hydrogen (secondary N) is 2. The number of carbonyl (C=O) groups excluding carboxylic acids is 2. The summed E-state index contributed by atoms with van der Waals surface area (Å²) in [6.45, 7) is 2.04. The van der Waals surface area contributed by atoms with Gasteiger partial charge in [0.05, 0.1) is 11.0 Å². The molecule has 1 aliphatic rings. The summed E-state index contributed by atoms with van der Waals surface area (Å²) in [6.07, 6.45) is 1.41. The van der Waals surface area contributed by atoms with Gasteiger partial charge in [-0.1, -0.05) is 24.3 Å². The maximum absolute atomic E-state index is 13.5. The Hall–Kier alpha value is -4.20. The highest BCUT2D eigenvalue weighted by molar-refractivity contribution is 5.96. The average Bonchev–Trinajstić information content (AvgIpc) is 3.28. The molecular formula is C27H26FN5O2. The minimum atomic E-state index is -0.310. The number of aromatic amines is 1. The normalized spacial score (nSPS) is 13.9. The van der Waals surface area contributed by atoms with Crippen LogP contribution >= 0.6 is 0 Å². The minimum absolute atomic E-state index is 0.122. The molecule has 0 spiro atoms. The second kappa shape index (κ2) is 9.97. The maximum Gasteiger partial charge on any atom is 0.324 e. The summed E-state index contributed by atoms with van der Waals surface area (Å²) in [5.74, 6) is 0.342. The third-order valence-corrected chi connectivity index (χ3v) is 6.10. The number of benzene rings is 3. The number of halogens is 1. The van der Waals surface area contributed by atoms with Crippen molar-refractivity contribution < 1.29 is 14.0 Å². The molecule has 0 unspecified atom stereocenters. The number of anilines is 1. The lowest BCUT2D eigenvalue weighted by atomic mass is 10.1. The van der Waals surface area contributed by atoms with Crippen molar-refractivity contribution in [2.45, 2.75) is 19.4 Å². The number of hydrogen-bond donors (Lipinski definition) is 2. The molecule has 3 amide bonds. The molecule has 5 rings (SSSR count). The van der Waals surface area contributed by atoms with E-state index >= 15 is 0 Å². The van der Waals surface area contributed by atoms with Gasteiger partial charge in [-0.25, -0.2) is 14.2 Å². The van der Waals surface area contributed by atoms with Crippen molar-refractivity contribution in [1.82, 2.24) is 20.2 Å². The Morgan fingerprint density at radius 3 is 2.66 bits per heavy atom. The zero-order valence-electron chi connectivity index (χ0n) is 19.2. The first kappa shape index (κ1) is 22.6. The van der Waals surface area contributed by atoms with E-state index in [0.717, 1.165) is 34.5 Å². The van der Waals surface area contributed by atoms with E-state index in [2.05, 4.69) is 15.3 Å². The summed E-state index contributed by atoms with van der Waals surface area (Å²) in [5, 5.41) is 2.92. The Balaban J connectivity index is 1.17. The predicted molar refractivity (Wildman–Crippen MR) is 133 cm³/mol. The Kier molecular flexibility index (Phi) is 6.43. The van der Waals surface area contributed by atoms with Crippen LogP contribution in [0.4, 0.5) is 14.9 Å². The monoisotopic (exact) mass is 471 g/mol. The minimum Gasteiger partial charge on any atom is -0.352 e. The fraction of sp³-hybridized carbons (Fsp3) is 0.222. The average molecular weight is 472 g/mol. The van der Waals surface area contributed by atoms with Crippen LogP contribution in [0, 0.1) is 5.82 Å². The standard InChI is InChI=1S/C27H26FN5O2/c28-21-6-3-5-19(17-21)18-32-15-4-16-33(27(32)35)22-11-9-20(10-12-22)26(34)29-14-13-25-30-23-7-1-2-8-24(23)31-25/h1-3,5-12,17H,4,13-16,18H2,(H,29,34)(H,30,31). The van der Waals surface area contributed by atoms with Crippen LogP contribution in [0.2, 0.25) is 0 Å². The van der Waals surface area contributed by atoms with Crippen LogP contribution in [0.25, 0.3) is 11.0 Å². The molecule has 1 saturated heterocycles. The molecule has 4 aromatic rings. The Labute approximate surface area is 202 Å². The fourth-order valence-corrected chi connectivity index (χ4v) is 4.34. The van der Waals surface area contributed by atoms with Crippen molar-refractivity contribution in [3.05, 3.63) is 95.6 Å². The van der Waals surface area contributed by atoms with Gasteiger partial charge in [0.2, 0.25) is 0 Å². The summed E-state index contributed by atoms with van der Waals surface area (Å²) in [7, 11) is 0. The van der Waals surface area contributed by atoms with Crippen LogP contribution in [0.3, 0.4) is 0 Å². The van der Waals surface area contributed by atoms with E-state index in [0.29, 0.717) is 38.2 Å². The van der Waals surface area contributed by atoms with Gasteiger partial charge in [0, 0.05) is 43.9 Å². The third kappa shape index (κ3) is 5.16. The number of amides is 3. The number of aromatic nitrogens is 2. The van der Waals surface area contributed by atoms with Gasteiger partial charge in [-0.2, -0.15) is 0 Å². The van der Waals surface area contributed by atoms with E-state index in [4.69, 9.17) is 0 Å². The van der Waals surface area contributed by atoms with Gasteiger partial charge in [-0.3, -0.25) is 9.69 Å². The van der Waals surface area contributed by atoms with Gasteiger partial charge in [0.15, 0.2) is 0 Å². The smallest absolute Gasteiger partial charge is 0.324 e. The molecule has 35 heavy (non-hydrogen) atoms. The highest BCUT2D eigenvalue weighted by Crippen LogP contribution is 2.22. The van der Waals surface area contributed by atoms with Crippen molar-refractivity contribution in [2.24, 2.45) is 0 Å². The third-order valence-electron chi connectivity index (χ3n) is 6.10. The fourth-order valence-electron chi connectivity index (χ4n) is 4.34. The van der Waals surface area contributed by atoms with Crippen LogP contribution in [-0.4, -0.2) is 46.4 Å². The molecule has 0 saturated carbocycles. The van der Waals surface area contributed by atoms with Crippen molar-refractivity contribution in [2.75, 3.05) is 24.5 Å². The zero-order chi connectivity index (χ0) is 24.2. The van der Waals surface area contributed by atoms with Crippen LogP contribution in [0.5, 0.6) is 0 Å². The number of imidazole rings is 1. The predicted octanol–water partition coefficient (Wildman–Crippen LogP) is 4.51. The number of hydrogen-bond acceptors (Lipinski definition) is 3. The molecule has 1 aromatic heterocycles. The van der Waals surface area contributed by atoms with Crippen molar-refractivity contribution in [1.29, 1.82) is 0 Å². The highest BCUT2D eigenvalue weighted by Gasteiger charge is 2.27. The molecule has 1 fully saturated rings. The lowest BCUT2D eigenvalue weighted by Crippen LogP contribution is -2.49. The second-order valence-corrected chi connectivity index (χ2v) is 8.59. The topological polar surface area (TPSA) is 81.3 Å². The lowest BCUT2D eigenvalue weighted by Gasteiger charge is -2.35. The molecule has 0 atom stereocenters. The van der Waals surface area contributed by atoms with E-state index in [9.17, 15) is 14.0 Å². The molecular weight excluding hydrogens is 445 g/mol. The quantitative estimate of drug-likeness (QED) is 0.416. The molecule has 178 valence electrons. The molecule has 7 nitrogen and oxygen atoms in total. The van der Waals surface area contributed by atoms with E-state index in [-0.39, 0.29) is 17.8 Å². The van der Waals surface area contributed by atoms with E-state index in [1.807, 2.05) is 30.3 Å². The summed E-state index contributed by atoms with van der Waals surface area (Å²) >= 11 is 0. The van der Waals surface area contributed by atoms with Crippen LogP contribution in [0.1, 0.15) is 28.2 Å². The first-order chi connectivity index (χ1) is 17.1. The van der Waals surface area contributed by atoms with Crippen molar-refractivity contribution in [3.63, 3.8) is 0 Å². The molecule has 3 aromatic carbocycles. The SMILES string of the molecule is O=C(NCCc1nc2ccccc2[nH]1)c1ccc(N2CCCN(Cc3cccc(F)c3)C2=O)cc1. The van der Waals surface area contributed by atoms with Crippen LogP contribution in [0.15, 0.2) is 72.8 Å². The van der Waals surface area contributed by atoms with E-state index in [1.54, 1.807) is 40.1 Å². The number of urea groups is 1. The Bertz CT molecular complexity index is 1320. The van der Waals surface area contributed by atoms with Gasteiger partial charge in [-0.15, -0.1) is 0 Å². The second-order valence-electron chi connectivity index (χ2n) is 8.59. The van der Waals surface area contributed by atoms with Gasteiger partial charge in [0.25, 0.3) is 5.91 Å². The van der Waals surface area contributed by atoms with Crippen molar-refractivity contribution in [3.8, 4) is 0 Å². The summed E-state index contributed by atoms with van der Waals surface area (Å²) in [5.41, 5.74) is 3.91. The lowest BCUT2D eigenvalue weighted by molar-refractivity contribution is 0.0954. The number of rotatable bonds is 7. The van der Waals surface area contributed by atoms with Gasteiger partial charge >= 0.3 is 6.03 Å². The molecule has 8 heteroatoms. The number of carbonyl (C=O) groups is 2. The van der Waals surface area contributed by atoms with Gasteiger partial charge in [0.1, 0.15) is 11.6 Å². The first-order valence-corrected chi connectivity index (χ1v) is 11.7. The molecule has 1 aliphatic heterocycles. The summed E-state index contributed by atoms with van der Waals surface area (Å²) < 4.78 is 13.5. The Morgan fingerprint density at radius 1 is 1.03 bits per heavy atom. The van der Waals surface area contributed by atoms with Crippen molar-refractivity contribution >= 4 is 28.7 Å². The first-order valence-electron chi connectivity index (χ1n) is 11.7. The summed E-state index contributed by atoms with van der Waals surface area (Å²) in [4.78, 5) is 36.8. The van der Waals surface area contributed by atoms with E-state index < -0.39 is 0 Å². The van der Waals surface area contributed by atoms with Gasteiger partial charge in [-0.05, 0) is 60.5 Å². The molecule has 0 radical (unpaired) electrons. The van der Waals surface area contributed by atoms with E-state index in [1.165, 1.54) is 12.1 Å². The number of fused-ring (bicyclic) bond motifs is 1. The van der Waals surface area contributed by atoms with Crippen LogP contribution < -0.4 is 10.2 Å². The Morgan fingerprint density at radius 2 is 1.86 bits per heavy atom. The molecule has 0 bridgehead atoms. The molecule has 2 heterocycles. The van der Waals surface area contributed by atoms with Gasteiger partial charge < -0.3 is 15.2 Å². The zero-order valence-corrected chi connectivity index (χ0v) is 19.2. The summed E-state index contributed by atoms with van der Waals surface area (Å²) in [6, 6.07) is 21.0. The molecule has 0 aliphatic carbocycles. The molecule has 2 N–H and O–H groups in total. The number of H-pyrrole nitrogens is 1.